The third kappa shape index (κ3) is 1.96. The highest BCUT2D eigenvalue weighted by Crippen LogP contribution is 2.33. The number of anilines is 2. The Bertz CT molecular complexity index is 413. The summed E-state index contributed by atoms with van der Waals surface area (Å²) < 4.78 is 0. The van der Waals surface area contributed by atoms with Gasteiger partial charge in [0.05, 0.1) is 11.4 Å². The van der Waals surface area contributed by atoms with Gasteiger partial charge in [-0.05, 0) is 31.0 Å². The first-order valence-electron chi connectivity index (χ1n) is 5.48. The van der Waals surface area contributed by atoms with Gasteiger partial charge in [-0.15, -0.1) is 0 Å². The Hall–Kier alpha value is -1.71. The van der Waals surface area contributed by atoms with Gasteiger partial charge in [-0.1, -0.05) is 0 Å². The van der Waals surface area contributed by atoms with E-state index < -0.39 is 0 Å². The number of carbonyl (C=O) groups is 1. The van der Waals surface area contributed by atoms with Crippen LogP contribution in [0.15, 0.2) is 18.2 Å². The number of hydrogen-bond donors (Lipinski definition) is 2. The van der Waals surface area contributed by atoms with E-state index in [1.165, 1.54) is 12.8 Å². The molecule has 1 saturated carbocycles. The van der Waals surface area contributed by atoms with Gasteiger partial charge >= 0.3 is 0 Å². The lowest BCUT2D eigenvalue weighted by Crippen LogP contribution is -2.22. The number of hydrogen-bond acceptors (Lipinski definition) is 3. The molecule has 1 aromatic carbocycles. The molecule has 1 aliphatic carbocycles. The zero-order chi connectivity index (χ0) is 11.7. The zero-order valence-electron chi connectivity index (χ0n) is 9.66. The normalized spacial score (nSPS) is 14.6. The Labute approximate surface area is 95.4 Å². The second kappa shape index (κ2) is 4.04. The van der Waals surface area contributed by atoms with E-state index in [4.69, 9.17) is 5.73 Å². The fourth-order valence-corrected chi connectivity index (χ4v) is 1.82. The zero-order valence-corrected chi connectivity index (χ0v) is 9.66. The van der Waals surface area contributed by atoms with Gasteiger partial charge in [0.2, 0.25) is 0 Å². The lowest BCUT2D eigenvalue weighted by atomic mass is 10.1. The molecule has 2 rings (SSSR count). The van der Waals surface area contributed by atoms with E-state index in [-0.39, 0.29) is 5.91 Å². The quantitative estimate of drug-likeness (QED) is 0.752. The first-order chi connectivity index (χ1) is 7.63. The predicted molar refractivity (Wildman–Crippen MR) is 65.7 cm³/mol. The minimum Gasteiger partial charge on any atom is -0.397 e. The maximum absolute atomic E-state index is 11.4. The van der Waals surface area contributed by atoms with Crippen LogP contribution in [-0.4, -0.2) is 26.0 Å². The van der Waals surface area contributed by atoms with E-state index in [0.717, 1.165) is 5.69 Å². The molecule has 0 saturated heterocycles. The van der Waals surface area contributed by atoms with Crippen LogP contribution >= 0.6 is 0 Å². The van der Waals surface area contributed by atoms with Crippen LogP contribution in [0.2, 0.25) is 0 Å². The van der Waals surface area contributed by atoms with Crippen LogP contribution in [0.1, 0.15) is 23.2 Å². The summed E-state index contributed by atoms with van der Waals surface area (Å²) in [5, 5.41) is 2.58. The lowest BCUT2D eigenvalue weighted by molar-refractivity contribution is 0.0963. The number of nitrogen functional groups attached to an aromatic ring is 1. The summed E-state index contributed by atoms with van der Waals surface area (Å²) in [6.45, 7) is 0. The number of rotatable bonds is 3. The van der Waals surface area contributed by atoms with Crippen LogP contribution in [0.25, 0.3) is 0 Å². The van der Waals surface area contributed by atoms with E-state index >= 15 is 0 Å². The summed E-state index contributed by atoms with van der Waals surface area (Å²) in [7, 11) is 3.66. The molecule has 1 fully saturated rings. The molecule has 4 heteroatoms. The molecule has 0 bridgehead atoms. The second-order valence-corrected chi connectivity index (χ2v) is 4.19. The summed E-state index contributed by atoms with van der Waals surface area (Å²) in [5.41, 5.74) is 8.24. The molecule has 0 heterocycles. The average molecular weight is 219 g/mol. The van der Waals surface area contributed by atoms with Crippen molar-refractivity contribution in [1.29, 1.82) is 0 Å². The molecule has 0 atom stereocenters. The van der Waals surface area contributed by atoms with E-state index in [2.05, 4.69) is 10.2 Å². The van der Waals surface area contributed by atoms with Crippen LogP contribution in [0.4, 0.5) is 11.4 Å². The summed E-state index contributed by atoms with van der Waals surface area (Å²) in [6, 6.07) is 6.07. The second-order valence-electron chi connectivity index (χ2n) is 4.19. The third-order valence-electron chi connectivity index (χ3n) is 2.99. The number of nitrogens with one attached hydrogen (secondary N) is 1. The highest BCUT2D eigenvalue weighted by atomic mass is 16.1. The largest absolute Gasteiger partial charge is 0.397 e. The summed E-state index contributed by atoms with van der Waals surface area (Å²) in [5.74, 6) is -0.104. The van der Waals surface area contributed by atoms with Gasteiger partial charge in [0.15, 0.2) is 0 Å². The minimum atomic E-state index is -0.104. The van der Waals surface area contributed by atoms with Gasteiger partial charge in [-0.2, -0.15) is 0 Å². The summed E-state index contributed by atoms with van der Waals surface area (Å²) in [6.07, 6.45) is 2.46. The molecule has 1 aliphatic rings. The highest BCUT2D eigenvalue weighted by Gasteiger charge is 2.27. The van der Waals surface area contributed by atoms with Gasteiger partial charge in [-0.25, -0.2) is 0 Å². The monoisotopic (exact) mass is 219 g/mol. The van der Waals surface area contributed by atoms with E-state index in [0.29, 0.717) is 17.3 Å². The molecule has 4 nitrogen and oxygen atoms in total. The van der Waals surface area contributed by atoms with Gasteiger partial charge in [0.25, 0.3) is 5.91 Å². The number of carbonyl (C=O) groups excluding carboxylic acids is 1. The van der Waals surface area contributed by atoms with Crippen molar-refractivity contribution in [1.82, 2.24) is 5.32 Å². The van der Waals surface area contributed by atoms with Crippen LogP contribution in [-0.2, 0) is 0 Å². The molecule has 0 unspecified atom stereocenters. The number of nitrogens with zero attached hydrogens (tertiary/aromatic N) is 1. The first kappa shape index (κ1) is 10.8. The Kier molecular flexibility index (Phi) is 2.73. The van der Waals surface area contributed by atoms with Crippen LogP contribution < -0.4 is 16.0 Å². The molecule has 0 aromatic heterocycles. The predicted octanol–water partition coefficient (Wildman–Crippen LogP) is 1.23. The SMILES string of the molecule is CNC(=O)c1ccc(N(C)C2CC2)c(N)c1. The Morgan fingerprint density at radius 1 is 1.50 bits per heavy atom. The molecule has 1 amide bonds. The van der Waals surface area contributed by atoms with Crippen LogP contribution in [0.5, 0.6) is 0 Å². The summed E-state index contributed by atoms with van der Waals surface area (Å²) in [4.78, 5) is 13.6. The van der Waals surface area contributed by atoms with E-state index in [1.807, 2.05) is 19.2 Å². The molecule has 86 valence electrons. The molecule has 0 radical (unpaired) electrons. The maximum Gasteiger partial charge on any atom is 0.251 e. The topological polar surface area (TPSA) is 58.4 Å². The smallest absolute Gasteiger partial charge is 0.251 e. The van der Waals surface area contributed by atoms with Crippen molar-refractivity contribution in [3.8, 4) is 0 Å². The number of benzene rings is 1. The van der Waals surface area contributed by atoms with Crippen molar-refractivity contribution in [3.63, 3.8) is 0 Å². The molecule has 0 spiro atoms. The van der Waals surface area contributed by atoms with Gasteiger partial charge in [0.1, 0.15) is 0 Å². The van der Waals surface area contributed by atoms with Crippen molar-refractivity contribution in [2.75, 3.05) is 24.7 Å². The Balaban J connectivity index is 2.25. The Morgan fingerprint density at radius 3 is 2.69 bits per heavy atom. The minimum absolute atomic E-state index is 0.104. The molecule has 1 aromatic rings. The van der Waals surface area contributed by atoms with E-state index in [9.17, 15) is 4.79 Å². The van der Waals surface area contributed by atoms with Gasteiger partial charge in [0, 0.05) is 25.7 Å². The van der Waals surface area contributed by atoms with Crippen molar-refractivity contribution >= 4 is 17.3 Å². The van der Waals surface area contributed by atoms with Gasteiger partial charge in [-0.3, -0.25) is 4.79 Å². The molecule has 3 N–H and O–H groups in total. The fourth-order valence-electron chi connectivity index (χ4n) is 1.82. The molecular formula is C12H17N3O. The van der Waals surface area contributed by atoms with Crippen molar-refractivity contribution in [2.24, 2.45) is 0 Å². The van der Waals surface area contributed by atoms with Crippen molar-refractivity contribution < 1.29 is 4.79 Å². The maximum atomic E-state index is 11.4. The lowest BCUT2D eigenvalue weighted by Gasteiger charge is -2.20. The highest BCUT2D eigenvalue weighted by molar-refractivity contribution is 5.96. The molecule has 16 heavy (non-hydrogen) atoms. The van der Waals surface area contributed by atoms with Crippen molar-refractivity contribution in [3.05, 3.63) is 23.8 Å². The molecular weight excluding hydrogens is 202 g/mol. The average Bonchev–Trinajstić information content (AvgIpc) is 3.10. The van der Waals surface area contributed by atoms with Crippen LogP contribution in [0.3, 0.4) is 0 Å². The third-order valence-corrected chi connectivity index (χ3v) is 2.99. The standard InChI is InChI=1S/C12H17N3O/c1-14-12(16)8-3-6-11(10(13)7-8)15(2)9-4-5-9/h3,6-7,9H,4-5,13H2,1-2H3,(H,14,16). The van der Waals surface area contributed by atoms with E-state index in [1.54, 1.807) is 13.1 Å². The number of nitrogens with two attached hydrogens (primary N) is 1. The van der Waals surface area contributed by atoms with Gasteiger partial charge < -0.3 is 16.0 Å². The fraction of sp³-hybridized carbons (Fsp3) is 0.417. The molecule has 0 aliphatic heterocycles. The van der Waals surface area contributed by atoms with Crippen LogP contribution in [0, 0.1) is 0 Å². The first-order valence-corrected chi connectivity index (χ1v) is 5.48. The number of amides is 1. The van der Waals surface area contributed by atoms with Crippen molar-refractivity contribution in [2.45, 2.75) is 18.9 Å². The Morgan fingerprint density at radius 2 is 2.19 bits per heavy atom. The summed E-state index contributed by atoms with van der Waals surface area (Å²) >= 11 is 0.